The van der Waals surface area contributed by atoms with Crippen molar-refractivity contribution in [2.24, 2.45) is 5.73 Å². The van der Waals surface area contributed by atoms with Crippen LogP contribution >= 0.6 is 0 Å². The summed E-state index contributed by atoms with van der Waals surface area (Å²) in [7, 11) is 0. The first kappa shape index (κ1) is 13.5. The number of carbonyl (C=O) groups is 1. The van der Waals surface area contributed by atoms with Crippen LogP contribution in [0.4, 0.5) is 11.4 Å². The van der Waals surface area contributed by atoms with E-state index in [1.165, 1.54) is 0 Å². The van der Waals surface area contributed by atoms with Gasteiger partial charge in [-0.3, -0.25) is 20.2 Å². The smallest absolute Gasteiger partial charge is 0.328 e. The molecular weight excluding hydrogens is 246 g/mol. The van der Waals surface area contributed by atoms with Gasteiger partial charge in [-0.1, -0.05) is 0 Å². The summed E-state index contributed by atoms with van der Waals surface area (Å²) in [6.45, 7) is 1.07. The van der Waals surface area contributed by atoms with E-state index in [1.807, 2.05) is 0 Å². The Balaban J connectivity index is 3.51. The molecule has 0 aliphatic rings. The Morgan fingerprint density at radius 3 is 2.28 bits per heavy atom. The molecule has 1 atom stereocenters. The van der Waals surface area contributed by atoms with Crippen molar-refractivity contribution in [3.8, 4) is 0 Å². The lowest BCUT2D eigenvalue weighted by Gasteiger charge is -2.19. The first-order valence-electron chi connectivity index (χ1n) is 4.63. The number of nitro groups is 2. The Morgan fingerprint density at radius 1 is 1.33 bits per heavy atom. The van der Waals surface area contributed by atoms with E-state index >= 15 is 0 Å². The quantitative estimate of drug-likeness (QED) is 0.595. The second-order valence-corrected chi connectivity index (χ2v) is 3.72. The number of carboxylic acids is 1. The fourth-order valence-electron chi connectivity index (χ4n) is 1.34. The van der Waals surface area contributed by atoms with Gasteiger partial charge in [-0.15, -0.1) is 0 Å². The molecule has 0 saturated carbocycles. The lowest BCUT2D eigenvalue weighted by atomic mass is 9.91. The van der Waals surface area contributed by atoms with Crippen molar-refractivity contribution in [1.29, 1.82) is 0 Å². The molecule has 1 aromatic carbocycles. The third-order valence-corrected chi connectivity index (χ3v) is 2.39. The minimum atomic E-state index is -2.00. The second kappa shape index (κ2) is 4.37. The van der Waals surface area contributed by atoms with Crippen molar-refractivity contribution in [2.45, 2.75) is 12.5 Å². The largest absolute Gasteiger partial charge is 0.480 e. The van der Waals surface area contributed by atoms with Gasteiger partial charge in [0.2, 0.25) is 0 Å². The molecule has 9 nitrogen and oxygen atoms in total. The van der Waals surface area contributed by atoms with Gasteiger partial charge in [-0.25, -0.2) is 4.79 Å². The molecule has 0 fully saturated rings. The highest BCUT2D eigenvalue weighted by molar-refractivity contribution is 5.82. The predicted molar refractivity (Wildman–Crippen MR) is 58.9 cm³/mol. The zero-order chi connectivity index (χ0) is 14.1. The van der Waals surface area contributed by atoms with Crippen LogP contribution in [0.1, 0.15) is 12.5 Å². The standard InChI is InChI=1S/C9H9N3O6/c1-9(10,8(13)14)6-3-2-5(11(15)16)4-7(6)12(17)18/h2-4H,10H2,1H3,(H,13,14). The van der Waals surface area contributed by atoms with Crippen LogP contribution in [0, 0.1) is 20.2 Å². The summed E-state index contributed by atoms with van der Waals surface area (Å²) in [6, 6.07) is 2.63. The molecule has 96 valence electrons. The Morgan fingerprint density at radius 2 is 1.89 bits per heavy atom. The van der Waals surface area contributed by atoms with E-state index in [2.05, 4.69) is 0 Å². The van der Waals surface area contributed by atoms with Crippen LogP contribution < -0.4 is 5.73 Å². The predicted octanol–water partition coefficient (Wildman–Crippen LogP) is 0.762. The molecular formula is C9H9N3O6. The summed E-state index contributed by atoms with van der Waals surface area (Å²) in [5.74, 6) is -1.47. The second-order valence-electron chi connectivity index (χ2n) is 3.72. The molecule has 0 aromatic heterocycles. The number of carboxylic acid groups (broad SMARTS) is 1. The maximum atomic E-state index is 10.9. The molecule has 0 saturated heterocycles. The highest BCUT2D eigenvalue weighted by Gasteiger charge is 2.37. The molecule has 0 aliphatic carbocycles. The summed E-state index contributed by atoms with van der Waals surface area (Å²) in [5.41, 5.74) is 1.96. The van der Waals surface area contributed by atoms with E-state index in [4.69, 9.17) is 10.8 Å². The highest BCUT2D eigenvalue weighted by Crippen LogP contribution is 2.31. The summed E-state index contributed by atoms with van der Waals surface area (Å²) in [5, 5.41) is 30.2. The molecule has 0 heterocycles. The Labute approximate surface area is 100 Å². The number of benzene rings is 1. The summed E-state index contributed by atoms with van der Waals surface area (Å²) < 4.78 is 0. The van der Waals surface area contributed by atoms with E-state index < -0.39 is 32.7 Å². The molecule has 1 aromatic rings. The molecule has 1 unspecified atom stereocenters. The van der Waals surface area contributed by atoms with Gasteiger partial charge >= 0.3 is 5.97 Å². The fraction of sp³-hybridized carbons (Fsp3) is 0.222. The first-order chi connectivity index (χ1) is 8.17. The molecule has 3 N–H and O–H groups in total. The Bertz CT molecular complexity index is 539. The molecule has 0 spiro atoms. The van der Waals surface area contributed by atoms with Crippen molar-refractivity contribution in [3.63, 3.8) is 0 Å². The molecule has 0 aliphatic heterocycles. The van der Waals surface area contributed by atoms with E-state index in [-0.39, 0.29) is 5.56 Å². The fourth-order valence-corrected chi connectivity index (χ4v) is 1.34. The Hall–Kier alpha value is -2.55. The normalized spacial score (nSPS) is 13.7. The van der Waals surface area contributed by atoms with Gasteiger partial charge in [0, 0.05) is 6.07 Å². The summed E-state index contributed by atoms with van der Waals surface area (Å²) in [6.07, 6.45) is 0. The van der Waals surface area contributed by atoms with Crippen molar-refractivity contribution in [1.82, 2.24) is 0 Å². The third-order valence-electron chi connectivity index (χ3n) is 2.39. The molecule has 0 radical (unpaired) electrons. The number of rotatable bonds is 4. The van der Waals surface area contributed by atoms with Gasteiger partial charge in [0.1, 0.15) is 5.54 Å². The molecule has 18 heavy (non-hydrogen) atoms. The first-order valence-corrected chi connectivity index (χ1v) is 4.63. The van der Waals surface area contributed by atoms with Gasteiger partial charge in [0.25, 0.3) is 11.4 Å². The summed E-state index contributed by atoms with van der Waals surface area (Å²) in [4.78, 5) is 30.5. The van der Waals surface area contributed by atoms with Gasteiger partial charge in [-0.2, -0.15) is 0 Å². The number of hydrogen-bond donors (Lipinski definition) is 2. The zero-order valence-electron chi connectivity index (χ0n) is 9.19. The van der Waals surface area contributed by atoms with Crippen LogP contribution in [-0.2, 0) is 10.3 Å². The molecule has 1 rings (SSSR count). The Kier molecular flexibility index (Phi) is 3.28. The SMILES string of the molecule is CC(N)(C(=O)O)c1ccc([N+](=O)[O-])cc1[N+](=O)[O-]. The van der Waals surface area contributed by atoms with Gasteiger partial charge in [0.05, 0.1) is 21.5 Å². The summed E-state index contributed by atoms with van der Waals surface area (Å²) >= 11 is 0. The van der Waals surface area contributed by atoms with Crippen molar-refractivity contribution in [2.75, 3.05) is 0 Å². The third kappa shape index (κ3) is 2.25. The minimum Gasteiger partial charge on any atom is -0.480 e. The number of nitrogens with zero attached hydrogens (tertiary/aromatic N) is 2. The lowest BCUT2D eigenvalue weighted by Crippen LogP contribution is -2.42. The van der Waals surface area contributed by atoms with E-state index in [1.54, 1.807) is 0 Å². The number of nitrogens with two attached hydrogens (primary N) is 1. The zero-order valence-corrected chi connectivity index (χ0v) is 9.19. The average molecular weight is 255 g/mol. The average Bonchev–Trinajstić information content (AvgIpc) is 2.27. The maximum Gasteiger partial charge on any atom is 0.328 e. The molecule has 9 heteroatoms. The minimum absolute atomic E-state index is 0.300. The van der Waals surface area contributed by atoms with Crippen LogP contribution in [-0.4, -0.2) is 20.9 Å². The molecule has 0 bridgehead atoms. The highest BCUT2D eigenvalue weighted by atomic mass is 16.6. The van der Waals surface area contributed by atoms with E-state index in [0.29, 0.717) is 6.07 Å². The number of aliphatic carboxylic acids is 1. The molecule has 0 amide bonds. The van der Waals surface area contributed by atoms with Crippen LogP contribution in [0.3, 0.4) is 0 Å². The monoisotopic (exact) mass is 255 g/mol. The van der Waals surface area contributed by atoms with Crippen LogP contribution in [0.2, 0.25) is 0 Å². The van der Waals surface area contributed by atoms with Crippen molar-refractivity contribution in [3.05, 3.63) is 44.0 Å². The number of nitro benzene ring substituents is 2. The van der Waals surface area contributed by atoms with Gasteiger partial charge in [-0.05, 0) is 13.0 Å². The van der Waals surface area contributed by atoms with Crippen LogP contribution in [0.25, 0.3) is 0 Å². The number of hydrogen-bond acceptors (Lipinski definition) is 6. The van der Waals surface area contributed by atoms with Crippen molar-refractivity contribution >= 4 is 17.3 Å². The van der Waals surface area contributed by atoms with E-state index in [9.17, 15) is 25.0 Å². The van der Waals surface area contributed by atoms with Crippen LogP contribution in [0.5, 0.6) is 0 Å². The topological polar surface area (TPSA) is 150 Å². The van der Waals surface area contributed by atoms with Gasteiger partial charge in [0.15, 0.2) is 0 Å². The van der Waals surface area contributed by atoms with Crippen LogP contribution in [0.15, 0.2) is 18.2 Å². The maximum absolute atomic E-state index is 10.9. The van der Waals surface area contributed by atoms with Gasteiger partial charge < -0.3 is 10.8 Å². The van der Waals surface area contributed by atoms with E-state index in [0.717, 1.165) is 19.1 Å². The number of non-ortho nitro benzene ring substituents is 1. The lowest BCUT2D eigenvalue weighted by molar-refractivity contribution is -0.394. The van der Waals surface area contributed by atoms with Crippen molar-refractivity contribution < 1.29 is 19.7 Å².